The number of fused-ring (bicyclic) bond motifs is 4. The van der Waals surface area contributed by atoms with Gasteiger partial charge < -0.3 is 14.5 Å². The lowest BCUT2D eigenvalue weighted by Crippen LogP contribution is -2.25. The number of nitrogens with zero attached hydrogens (tertiary/aromatic N) is 4. The summed E-state index contributed by atoms with van der Waals surface area (Å²) >= 11 is 0. The largest absolute Gasteiger partial charge is 0.457 e. The van der Waals surface area contributed by atoms with E-state index in [0.717, 1.165) is 34.0 Å². The van der Waals surface area contributed by atoms with Crippen molar-refractivity contribution in [2.24, 2.45) is 0 Å². The molecule has 5 nitrogen and oxygen atoms in total. The third-order valence-corrected chi connectivity index (χ3v) is 12.9. The summed E-state index contributed by atoms with van der Waals surface area (Å²) in [5.41, 5.74) is 12.9. The molecule has 8 aromatic rings. The molecule has 314 valence electrons. The summed E-state index contributed by atoms with van der Waals surface area (Å²) < 4.78 is 9.26. The number of benzene rings is 6. The van der Waals surface area contributed by atoms with Gasteiger partial charge in [-0.1, -0.05) is 143 Å². The molecule has 0 amide bonds. The Morgan fingerprint density at radius 3 is 1.82 bits per heavy atom. The molecular weight excluding hydrogens is 757 g/mol. The number of hydrogen-bond acceptors (Lipinski definition) is 4. The molecule has 9 rings (SSSR count). The number of rotatable bonds is 7. The molecule has 6 aromatic carbocycles. The molecular formula is C57H60N4O. The van der Waals surface area contributed by atoms with Gasteiger partial charge in [0.25, 0.3) is 0 Å². The SMILES string of the molecule is CC(C)(C)c1cccc(N2CN(c3cc(Oc4ccc5c6ccccc6n(-c6cc(C(C)(C)C)ccn6)c5c4)cc(C(C)(C)C)c3)c3ccc(C(C)(C)c4ccccc4)cc32)c1. The maximum Gasteiger partial charge on any atom is 0.137 e. The lowest BCUT2D eigenvalue weighted by molar-refractivity contribution is 0.479. The first-order chi connectivity index (χ1) is 29.4. The van der Waals surface area contributed by atoms with E-state index in [2.05, 4.69) is 236 Å². The van der Waals surface area contributed by atoms with Crippen molar-refractivity contribution >= 4 is 44.6 Å². The zero-order valence-corrected chi connectivity index (χ0v) is 38.3. The molecule has 0 unspecified atom stereocenters. The van der Waals surface area contributed by atoms with Gasteiger partial charge in [0.2, 0.25) is 0 Å². The monoisotopic (exact) mass is 816 g/mol. The van der Waals surface area contributed by atoms with Crippen LogP contribution in [0.4, 0.5) is 22.7 Å². The summed E-state index contributed by atoms with van der Waals surface area (Å²) in [6.45, 7) is 25.8. The van der Waals surface area contributed by atoms with Crippen LogP contribution in [0.2, 0.25) is 0 Å². The fourth-order valence-corrected chi connectivity index (χ4v) is 8.89. The minimum absolute atomic E-state index is 0.00904. The van der Waals surface area contributed by atoms with E-state index in [4.69, 9.17) is 9.72 Å². The predicted octanol–water partition coefficient (Wildman–Crippen LogP) is 15.4. The summed E-state index contributed by atoms with van der Waals surface area (Å²) in [5, 5.41) is 2.36. The van der Waals surface area contributed by atoms with E-state index in [1.807, 2.05) is 6.20 Å². The van der Waals surface area contributed by atoms with Crippen molar-refractivity contribution in [3.8, 4) is 17.3 Å². The molecule has 1 aliphatic rings. The molecule has 0 atom stereocenters. The minimum Gasteiger partial charge on any atom is -0.457 e. The van der Waals surface area contributed by atoms with E-state index in [1.165, 1.54) is 55.7 Å². The summed E-state index contributed by atoms with van der Waals surface area (Å²) in [6, 6.07) is 53.2. The third kappa shape index (κ3) is 7.52. The molecule has 3 heterocycles. The van der Waals surface area contributed by atoms with Crippen LogP contribution in [0.1, 0.15) is 104 Å². The van der Waals surface area contributed by atoms with Gasteiger partial charge in [0, 0.05) is 45.9 Å². The van der Waals surface area contributed by atoms with Crippen molar-refractivity contribution in [3.63, 3.8) is 0 Å². The van der Waals surface area contributed by atoms with Gasteiger partial charge in [0.1, 0.15) is 24.0 Å². The molecule has 0 spiro atoms. The Labute approximate surface area is 368 Å². The summed E-state index contributed by atoms with van der Waals surface area (Å²) in [7, 11) is 0. The Morgan fingerprint density at radius 2 is 1.08 bits per heavy atom. The number of aromatic nitrogens is 2. The van der Waals surface area contributed by atoms with E-state index < -0.39 is 0 Å². The van der Waals surface area contributed by atoms with Crippen LogP contribution in [0, 0.1) is 0 Å². The average Bonchev–Trinajstić information content (AvgIpc) is 3.79. The van der Waals surface area contributed by atoms with Crippen molar-refractivity contribution in [1.82, 2.24) is 9.55 Å². The predicted molar refractivity (Wildman–Crippen MR) is 262 cm³/mol. The standard InChI is InChI=1S/C57H60N4O/c1-54(2,3)39-20-17-21-43(30-39)59-37-60(50-27-24-41(33-52(50)59)57(10,11)38-18-13-12-14-19-38)44-31-42(56(7,8)9)32-46(35-44)62-45-25-26-48-47-22-15-16-23-49(47)61(51(48)36-45)53-34-40(28-29-58-53)55(4,5)6/h12-36H,37H2,1-11H3. The summed E-state index contributed by atoms with van der Waals surface area (Å²) in [5.74, 6) is 2.48. The minimum atomic E-state index is -0.186. The van der Waals surface area contributed by atoms with Crippen molar-refractivity contribution < 1.29 is 4.74 Å². The zero-order chi connectivity index (χ0) is 43.8. The number of anilines is 4. The molecule has 1 aliphatic heterocycles. The van der Waals surface area contributed by atoms with E-state index in [1.54, 1.807) is 0 Å². The number of para-hydroxylation sites is 1. The van der Waals surface area contributed by atoms with Gasteiger partial charge in [-0.2, -0.15) is 0 Å². The summed E-state index contributed by atoms with van der Waals surface area (Å²) in [4.78, 5) is 9.85. The molecule has 0 saturated carbocycles. The maximum absolute atomic E-state index is 6.98. The lowest BCUT2D eigenvalue weighted by atomic mass is 9.78. The summed E-state index contributed by atoms with van der Waals surface area (Å²) in [6.07, 6.45) is 1.93. The van der Waals surface area contributed by atoms with Gasteiger partial charge in [-0.3, -0.25) is 4.57 Å². The Hall–Kier alpha value is -6.33. The van der Waals surface area contributed by atoms with Gasteiger partial charge >= 0.3 is 0 Å². The van der Waals surface area contributed by atoms with Crippen LogP contribution in [-0.4, -0.2) is 16.2 Å². The average molecular weight is 817 g/mol. The van der Waals surface area contributed by atoms with E-state index in [-0.39, 0.29) is 21.7 Å². The molecule has 0 aliphatic carbocycles. The van der Waals surface area contributed by atoms with Gasteiger partial charge in [-0.05, 0) is 111 Å². The normalized spacial score (nSPS) is 13.6. The van der Waals surface area contributed by atoms with Crippen molar-refractivity contribution in [2.75, 3.05) is 16.5 Å². The molecule has 0 radical (unpaired) electrons. The Balaban J connectivity index is 1.16. The second kappa shape index (κ2) is 14.9. The van der Waals surface area contributed by atoms with E-state index >= 15 is 0 Å². The second-order valence-electron chi connectivity index (χ2n) is 20.7. The van der Waals surface area contributed by atoms with Gasteiger partial charge in [-0.15, -0.1) is 0 Å². The van der Waals surface area contributed by atoms with Crippen LogP contribution < -0.4 is 14.5 Å². The van der Waals surface area contributed by atoms with E-state index in [9.17, 15) is 0 Å². The number of hydrogen-bond donors (Lipinski definition) is 0. The number of ether oxygens (including phenoxy) is 1. The van der Waals surface area contributed by atoms with Crippen molar-refractivity contribution in [2.45, 2.75) is 97.8 Å². The highest BCUT2D eigenvalue weighted by Crippen LogP contribution is 2.49. The second-order valence-corrected chi connectivity index (χ2v) is 20.7. The highest BCUT2D eigenvalue weighted by Gasteiger charge is 2.33. The fourth-order valence-electron chi connectivity index (χ4n) is 8.89. The van der Waals surface area contributed by atoms with Gasteiger partial charge in [0.15, 0.2) is 0 Å². The molecule has 62 heavy (non-hydrogen) atoms. The molecule has 0 fully saturated rings. The zero-order valence-electron chi connectivity index (χ0n) is 38.3. The number of pyridine rings is 1. The highest BCUT2D eigenvalue weighted by molar-refractivity contribution is 6.09. The fraction of sp³-hybridized carbons (Fsp3) is 0.281. The Kier molecular flexibility index (Phi) is 9.89. The van der Waals surface area contributed by atoms with Crippen LogP contribution >= 0.6 is 0 Å². The van der Waals surface area contributed by atoms with Crippen LogP contribution in [0.3, 0.4) is 0 Å². The quantitative estimate of drug-likeness (QED) is 0.160. The van der Waals surface area contributed by atoms with Crippen LogP contribution in [0.5, 0.6) is 11.5 Å². The molecule has 2 aromatic heterocycles. The van der Waals surface area contributed by atoms with Crippen molar-refractivity contribution in [3.05, 3.63) is 180 Å². The first-order valence-corrected chi connectivity index (χ1v) is 22.1. The third-order valence-electron chi connectivity index (χ3n) is 12.9. The van der Waals surface area contributed by atoms with Gasteiger partial charge in [0.05, 0.1) is 22.4 Å². The van der Waals surface area contributed by atoms with Crippen molar-refractivity contribution in [1.29, 1.82) is 0 Å². The molecule has 0 saturated heterocycles. The topological polar surface area (TPSA) is 33.5 Å². The highest BCUT2D eigenvalue weighted by atomic mass is 16.5. The van der Waals surface area contributed by atoms with E-state index in [0.29, 0.717) is 6.67 Å². The molecule has 0 bridgehead atoms. The Morgan fingerprint density at radius 1 is 0.435 bits per heavy atom. The molecule has 0 N–H and O–H groups in total. The van der Waals surface area contributed by atoms with Crippen LogP contribution in [-0.2, 0) is 21.7 Å². The smallest absolute Gasteiger partial charge is 0.137 e. The first-order valence-electron chi connectivity index (χ1n) is 22.1. The first kappa shape index (κ1) is 41.0. The van der Waals surface area contributed by atoms with Gasteiger partial charge in [-0.25, -0.2) is 4.98 Å². The maximum atomic E-state index is 6.98. The van der Waals surface area contributed by atoms with Crippen LogP contribution in [0.15, 0.2) is 152 Å². The Bertz CT molecular complexity index is 2950. The molecule has 5 heteroatoms. The van der Waals surface area contributed by atoms with Crippen LogP contribution in [0.25, 0.3) is 27.6 Å². The lowest BCUT2D eigenvalue weighted by Gasteiger charge is -2.28.